The lowest BCUT2D eigenvalue weighted by atomic mass is 9.96. The van der Waals surface area contributed by atoms with Crippen LogP contribution in [0.4, 0.5) is 0 Å². The van der Waals surface area contributed by atoms with E-state index >= 15 is 0 Å². The van der Waals surface area contributed by atoms with Crippen molar-refractivity contribution < 1.29 is 22.7 Å². The summed E-state index contributed by atoms with van der Waals surface area (Å²) in [4.78, 5) is 14.7. The average molecular weight is 394 g/mol. The molecule has 3 atom stereocenters. The van der Waals surface area contributed by atoms with E-state index in [4.69, 9.17) is 9.47 Å². The third kappa shape index (κ3) is 3.70. The number of amides is 1. The Morgan fingerprint density at radius 1 is 1.22 bits per heavy atom. The van der Waals surface area contributed by atoms with Gasteiger partial charge in [-0.25, -0.2) is 13.1 Å². The monoisotopic (exact) mass is 394 g/mol. The van der Waals surface area contributed by atoms with E-state index in [0.29, 0.717) is 43.9 Å². The Kier molecular flexibility index (Phi) is 5.13. The molecule has 7 nitrogen and oxygen atoms in total. The lowest BCUT2D eigenvalue weighted by Crippen LogP contribution is -2.41. The van der Waals surface area contributed by atoms with Gasteiger partial charge in [0.2, 0.25) is 10.0 Å². The van der Waals surface area contributed by atoms with Crippen LogP contribution in [0, 0.1) is 11.8 Å². The maximum Gasteiger partial charge on any atom is 0.257 e. The van der Waals surface area contributed by atoms with Crippen molar-refractivity contribution in [1.29, 1.82) is 0 Å². The molecular formula is C19H26N2O5S. The second kappa shape index (κ2) is 7.41. The number of carbonyl (C=O) groups excluding carboxylic acids is 1. The van der Waals surface area contributed by atoms with Crippen molar-refractivity contribution in [3.63, 3.8) is 0 Å². The van der Waals surface area contributed by atoms with Gasteiger partial charge in [0.25, 0.3) is 5.91 Å². The molecule has 4 rings (SSSR count). The van der Waals surface area contributed by atoms with Crippen molar-refractivity contribution in [3.8, 4) is 5.75 Å². The van der Waals surface area contributed by atoms with E-state index < -0.39 is 10.0 Å². The molecule has 0 radical (unpaired) electrons. The number of benzene rings is 1. The summed E-state index contributed by atoms with van der Waals surface area (Å²) in [5, 5.41) is 0. The molecule has 1 heterocycles. The number of methoxy groups -OCH3 is 1. The van der Waals surface area contributed by atoms with Gasteiger partial charge in [0.05, 0.1) is 30.8 Å². The summed E-state index contributed by atoms with van der Waals surface area (Å²) >= 11 is 0. The number of nitrogens with zero attached hydrogens (tertiary/aromatic N) is 1. The zero-order valence-electron chi connectivity index (χ0n) is 15.5. The molecule has 1 aromatic rings. The molecule has 2 bridgehead atoms. The van der Waals surface area contributed by atoms with Gasteiger partial charge < -0.3 is 14.4 Å². The topological polar surface area (TPSA) is 84.9 Å². The second-order valence-electron chi connectivity index (χ2n) is 7.67. The molecule has 8 heteroatoms. The van der Waals surface area contributed by atoms with Crippen molar-refractivity contribution in [2.24, 2.45) is 11.8 Å². The summed E-state index contributed by atoms with van der Waals surface area (Å²) < 4.78 is 39.3. The molecule has 1 saturated heterocycles. The molecule has 1 aliphatic heterocycles. The van der Waals surface area contributed by atoms with Gasteiger partial charge in [0.1, 0.15) is 5.75 Å². The second-order valence-corrected chi connectivity index (χ2v) is 9.38. The molecule has 1 aromatic carbocycles. The third-order valence-electron chi connectivity index (χ3n) is 6.05. The first-order chi connectivity index (χ1) is 13.0. The van der Waals surface area contributed by atoms with Crippen molar-refractivity contribution in [3.05, 3.63) is 23.8 Å². The summed E-state index contributed by atoms with van der Waals surface area (Å²) in [7, 11) is -2.20. The van der Waals surface area contributed by atoms with Crippen LogP contribution >= 0.6 is 0 Å². The SMILES string of the molecule is COc1ccc(S(=O)(=O)N[C@H]2C[C@@H]3CC[C@@H]2C3)cc1C(=O)N1CCOCC1. The number of carbonyl (C=O) groups is 1. The molecule has 0 unspecified atom stereocenters. The quantitative estimate of drug-likeness (QED) is 0.821. The van der Waals surface area contributed by atoms with Crippen LogP contribution in [0.15, 0.2) is 23.1 Å². The van der Waals surface area contributed by atoms with Gasteiger partial charge in [0, 0.05) is 19.1 Å². The van der Waals surface area contributed by atoms with Gasteiger partial charge in [-0.1, -0.05) is 6.42 Å². The predicted octanol–water partition coefficient (Wildman–Crippen LogP) is 1.63. The first-order valence-electron chi connectivity index (χ1n) is 9.55. The highest BCUT2D eigenvalue weighted by atomic mass is 32.2. The molecule has 1 N–H and O–H groups in total. The summed E-state index contributed by atoms with van der Waals surface area (Å²) in [6.07, 6.45) is 4.35. The number of hydrogen-bond acceptors (Lipinski definition) is 5. The van der Waals surface area contributed by atoms with Gasteiger partial charge >= 0.3 is 0 Å². The van der Waals surface area contributed by atoms with Crippen LogP contribution in [0.5, 0.6) is 5.75 Å². The predicted molar refractivity (Wildman–Crippen MR) is 99.3 cm³/mol. The van der Waals surface area contributed by atoms with E-state index in [0.717, 1.165) is 19.3 Å². The van der Waals surface area contributed by atoms with Gasteiger partial charge in [-0.2, -0.15) is 0 Å². The fourth-order valence-corrected chi connectivity index (χ4v) is 5.96. The number of fused-ring (bicyclic) bond motifs is 2. The van der Waals surface area contributed by atoms with E-state index in [1.807, 2.05) is 0 Å². The molecule has 0 spiro atoms. The van der Waals surface area contributed by atoms with Crippen LogP contribution in [-0.2, 0) is 14.8 Å². The molecule has 3 fully saturated rings. The minimum absolute atomic E-state index is 0.00856. The van der Waals surface area contributed by atoms with Crippen molar-refractivity contribution in [2.45, 2.75) is 36.6 Å². The first-order valence-corrected chi connectivity index (χ1v) is 11.0. The third-order valence-corrected chi connectivity index (χ3v) is 7.54. The molecule has 2 saturated carbocycles. The average Bonchev–Trinajstić information content (AvgIpc) is 3.30. The molecular weight excluding hydrogens is 368 g/mol. The van der Waals surface area contributed by atoms with Gasteiger partial charge in [-0.05, 0) is 49.3 Å². The highest BCUT2D eigenvalue weighted by Crippen LogP contribution is 2.44. The molecule has 3 aliphatic rings. The highest BCUT2D eigenvalue weighted by Gasteiger charge is 2.41. The van der Waals surface area contributed by atoms with E-state index in [1.54, 1.807) is 11.0 Å². The van der Waals surface area contributed by atoms with Gasteiger partial charge in [0.15, 0.2) is 0 Å². The number of sulfonamides is 1. The number of ether oxygens (including phenoxy) is 2. The maximum atomic E-state index is 12.9. The minimum Gasteiger partial charge on any atom is -0.496 e. The molecule has 27 heavy (non-hydrogen) atoms. The highest BCUT2D eigenvalue weighted by molar-refractivity contribution is 7.89. The number of nitrogens with one attached hydrogen (secondary N) is 1. The standard InChI is InChI=1S/C19H26N2O5S/c1-25-18-5-4-15(12-16(18)19(22)21-6-8-26-9-7-21)27(23,24)20-17-11-13-2-3-14(17)10-13/h4-5,12-14,17,20H,2-3,6-11H2,1H3/t13-,14-,17+/m1/s1. The summed E-state index contributed by atoms with van der Waals surface area (Å²) in [6.45, 7) is 1.94. The number of hydrogen-bond donors (Lipinski definition) is 1. The Hall–Kier alpha value is -1.64. The Morgan fingerprint density at radius 3 is 2.63 bits per heavy atom. The van der Waals surface area contributed by atoms with E-state index in [9.17, 15) is 13.2 Å². The summed E-state index contributed by atoms with van der Waals surface area (Å²) in [5.74, 6) is 1.24. The normalized spacial score (nSPS) is 27.7. The number of morpholine rings is 1. The zero-order valence-corrected chi connectivity index (χ0v) is 16.3. The number of rotatable bonds is 5. The molecule has 2 aliphatic carbocycles. The van der Waals surface area contributed by atoms with Crippen LogP contribution in [0.2, 0.25) is 0 Å². The van der Waals surface area contributed by atoms with Crippen LogP contribution < -0.4 is 9.46 Å². The fraction of sp³-hybridized carbons (Fsp3) is 0.632. The zero-order chi connectivity index (χ0) is 19.0. The summed E-state index contributed by atoms with van der Waals surface area (Å²) in [6, 6.07) is 4.51. The maximum absolute atomic E-state index is 12.9. The van der Waals surface area contributed by atoms with Crippen molar-refractivity contribution >= 4 is 15.9 Å². The molecule has 1 amide bonds. The van der Waals surface area contributed by atoms with Crippen LogP contribution in [0.3, 0.4) is 0 Å². The van der Waals surface area contributed by atoms with Crippen molar-refractivity contribution in [1.82, 2.24) is 9.62 Å². The Labute approximate surface area is 160 Å². The van der Waals surface area contributed by atoms with Crippen molar-refractivity contribution in [2.75, 3.05) is 33.4 Å². The Bertz CT molecular complexity index is 819. The Balaban J connectivity index is 1.58. The van der Waals surface area contributed by atoms with Crippen LogP contribution in [0.1, 0.15) is 36.0 Å². The van der Waals surface area contributed by atoms with Crippen LogP contribution in [-0.4, -0.2) is 58.7 Å². The fourth-order valence-electron chi connectivity index (χ4n) is 4.61. The van der Waals surface area contributed by atoms with E-state index in [1.165, 1.54) is 25.7 Å². The summed E-state index contributed by atoms with van der Waals surface area (Å²) in [5.41, 5.74) is 0.273. The van der Waals surface area contributed by atoms with Crippen LogP contribution in [0.25, 0.3) is 0 Å². The van der Waals surface area contributed by atoms with Gasteiger partial charge in [-0.3, -0.25) is 4.79 Å². The lowest BCUT2D eigenvalue weighted by Gasteiger charge is -2.27. The van der Waals surface area contributed by atoms with E-state index in [-0.39, 0.29) is 22.4 Å². The van der Waals surface area contributed by atoms with E-state index in [2.05, 4.69) is 4.72 Å². The van der Waals surface area contributed by atoms with Gasteiger partial charge in [-0.15, -0.1) is 0 Å². The lowest BCUT2D eigenvalue weighted by molar-refractivity contribution is 0.0300. The molecule has 148 valence electrons. The minimum atomic E-state index is -3.68. The smallest absolute Gasteiger partial charge is 0.257 e. The molecule has 0 aromatic heterocycles. The Morgan fingerprint density at radius 2 is 2.00 bits per heavy atom. The first kappa shape index (κ1) is 18.7. The largest absolute Gasteiger partial charge is 0.496 e.